The van der Waals surface area contributed by atoms with Crippen molar-refractivity contribution in [2.45, 2.75) is 45.4 Å². The molecule has 35 heavy (non-hydrogen) atoms. The Balaban J connectivity index is 1.72. The average molecular weight is 478 g/mol. The molecule has 2 aromatic rings. The molecule has 0 aliphatic rings. The van der Waals surface area contributed by atoms with Crippen molar-refractivity contribution in [2.75, 3.05) is 27.4 Å². The van der Waals surface area contributed by atoms with Gasteiger partial charge in [-0.15, -0.1) is 0 Å². The van der Waals surface area contributed by atoms with Crippen LogP contribution in [0.4, 0.5) is 0 Å². The molecule has 0 fully saturated rings. The molecule has 0 spiro atoms. The van der Waals surface area contributed by atoms with E-state index in [1.807, 2.05) is 48.5 Å². The van der Waals surface area contributed by atoms with E-state index in [4.69, 9.17) is 18.9 Å². The van der Waals surface area contributed by atoms with Gasteiger partial charge >= 0.3 is 5.97 Å². The van der Waals surface area contributed by atoms with Crippen LogP contribution in [-0.2, 0) is 9.53 Å². The fourth-order valence-corrected chi connectivity index (χ4v) is 3.41. The van der Waals surface area contributed by atoms with Gasteiger partial charge in [0.1, 0.15) is 5.75 Å². The van der Waals surface area contributed by atoms with Crippen LogP contribution in [0, 0.1) is 11.3 Å². The summed E-state index contributed by atoms with van der Waals surface area (Å²) >= 11 is 0. The average Bonchev–Trinajstić information content (AvgIpc) is 2.88. The lowest BCUT2D eigenvalue weighted by molar-refractivity contribution is -0.139. The molecule has 0 N–H and O–H groups in total. The summed E-state index contributed by atoms with van der Waals surface area (Å²) in [5.74, 6) is 1.74. The second-order valence-corrected chi connectivity index (χ2v) is 8.19. The first-order valence-electron chi connectivity index (χ1n) is 11.9. The van der Waals surface area contributed by atoms with Crippen LogP contribution >= 0.6 is 0 Å². The monoisotopic (exact) mass is 477 g/mol. The minimum absolute atomic E-state index is 0.312. The first-order valence-corrected chi connectivity index (χ1v) is 11.9. The number of allylic oxidation sites excluding steroid dienone is 1. The minimum atomic E-state index is -0.312. The molecule has 2 aromatic carbocycles. The van der Waals surface area contributed by atoms with E-state index in [0.717, 1.165) is 55.4 Å². The summed E-state index contributed by atoms with van der Waals surface area (Å²) in [6.45, 7) is 6.34. The zero-order valence-corrected chi connectivity index (χ0v) is 21.0. The number of nitrogens with zero attached hydrogens (tertiary/aromatic N) is 1. The molecule has 6 heteroatoms. The van der Waals surface area contributed by atoms with Crippen molar-refractivity contribution in [2.24, 2.45) is 0 Å². The molecule has 2 rings (SSSR count). The maximum atomic E-state index is 11.3. The van der Waals surface area contributed by atoms with Crippen LogP contribution in [0.15, 0.2) is 54.6 Å². The summed E-state index contributed by atoms with van der Waals surface area (Å²) in [7, 11) is 3.18. The first kappa shape index (κ1) is 27.5. The predicted molar refractivity (Wildman–Crippen MR) is 138 cm³/mol. The zero-order chi connectivity index (χ0) is 25.5. The molecule has 0 radical (unpaired) electrons. The normalized spacial score (nSPS) is 10.9. The Morgan fingerprint density at radius 1 is 0.914 bits per heavy atom. The third-order valence-electron chi connectivity index (χ3n) is 5.39. The van der Waals surface area contributed by atoms with Gasteiger partial charge in [0.25, 0.3) is 0 Å². The highest BCUT2D eigenvalue weighted by Crippen LogP contribution is 2.29. The van der Waals surface area contributed by atoms with Crippen molar-refractivity contribution >= 4 is 17.6 Å². The Kier molecular flexibility index (Phi) is 12.0. The number of nitriles is 1. The van der Waals surface area contributed by atoms with Crippen molar-refractivity contribution < 1.29 is 23.7 Å². The van der Waals surface area contributed by atoms with E-state index in [0.29, 0.717) is 35.9 Å². The van der Waals surface area contributed by atoms with Crippen LogP contribution in [0.5, 0.6) is 17.2 Å². The summed E-state index contributed by atoms with van der Waals surface area (Å²) in [6, 6.07) is 15.4. The highest BCUT2D eigenvalue weighted by molar-refractivity contribution is 5.90. The third-order valence-corrected chi connectivity index (χ3v) is 5.39. The number of methoxy groups -OCH3 is 2. The molecule has 0 bridgehead atoms. The van der Waals surface area contributed by atoms with Crippen LogP contribution in [0.2, 0.25) is 0 Å². The molecule has 0 saturated carbocycles. The van der Waals surface area contributed by atoms with Crippen LogP contribution in [-0.4, -0.2) is 33.4 Å². The molecule has 0 unspecified atom stereocenters. The third kappa shape index (κ3) is 9.58. The molecule has 0 aromatic heterocycles. The standard InChI is InChI=1S/C29H35NO5/c1-22(2)29(31)35-18-10-8-6-5-7-9-17-34-26-14-12-24(13-15-26)25(21-30)19-23-11-16-27(32-3)28(20-23)33-4/h11-16,19-20H,1,5-10,17-18H2,2-4H3. The summed E-state index contributed by atoms with van der Waals surface area (Å²) in [5, 5.41) is 9.64. The van der Waals surface area contributed by atoms with Crippen molar-refractivity contribution in [3.63, 3.8) is 0 Å². The Morgan fingerprint density at radius 3 is 2.14 bits per heavy atom. The van der Waals surface area contributed by atoms with Crippen LogP contribution < -0.4 is 14.2 Å². The smallest absolute Gasteiger partial charge is 0.333 e. The maximum absolute atomic E-state index is 11.3. The summed E-state index contributed by atoms with van der Waals surface area (Å²) in [6.07, 6.45) is 8.07. The van der Waals surface area contributed by atoms with E-state index >= 15 is 0 Å². The summed E-state index contributed by atoms with van der Waals surface area (Å²) < 4.78 is 21.5. The van der Waals surface area contributed by atoms with E-state index in [2.05, 4.69) is 12.6 Å². The Bertz CT molecular complexity index is 1030. The Labute approximate surface area is 208 Å². The molecule has 186 valence electrons. The van der Waals surface area contributed by atoms with E-state index < -0.39 is 0 Å². The summed E-state index contributed by atoms with van der Waals surface area (Å²) in [4.78, 5) is 11.3. The molecule has 0 aliphatic heterocycles. The second kappa shape index (κ2) is 15.2. The van der Waals surface area contributed by atoms with Gasteiger partial charge in [-0.2, -0.15) is 5.26 Å². The molecular weight excluding hydrogens is 442 g/mol. The quantitative estimate of drug-likeness (QED) is 0.0945. The number of ether oxygens (including phenoxy) is 4. The number of esters is 1. The molecule has 6 nitrogen and oxygen atoms in total. The van der Waals surface area contributed by atoms with Crippen LogP contribution in [0.3, 0.4) is 0 Å². The Hall–Kier alpha value is -3.72. The SMILES string of the molecule is C=C(C)C(=O)OCCCCCCCCOc1ccc(C(C#N)=Cc2ccc(OC)c(OC)c2)cc1. The van der Waals surface area contributed by atoms with Crippen molar-refractivity contribution in [1.29, 1.82) is 5.26 Å². The van der Waals surface area contributed by atoms with Gasteiger partial charge in [-0.3, -0.25) is 0 Å². The topological polar surface area (TPSA) is 77.8 Å². The zero-order valence-electron chi connectivity index (χ0n) is 21.0. The lowest BCUT2D eigenvalue weighted by atomic mass is 10.0. The highest BCUT2D eigenvalue weighted by atomic mass is 16.5. The molecule has 0 saturated heterocycles. The van der Waals surface area contributed by atoms with E-state index in [1.165, 1.54) is 0 Å². The number of unbranched alkanes of at least 4 members (excludes halogenated alkanes) is 5. The van der Waals surface area contributed by atoms with Crippen molar-refractivity contribution in [3.05, 3.63) is 65.7 Å². The van der Waals surface area contributed by atoms with Crippen molar-refractivity contribution in [1.82, 2.24) is 0 Å². The molecular formula is C29H35NO5. The fourth-order valence-electron chi connectivity index (χ4n) is 3.41. The number of hydrogen-bond donors (Lipinski definition) is 0. The number of hydrogen-bond acceptors (Lipinski definition) is 6. The van der Waals surface area contributed by atoms with E-state index in [9.17, 15) is 10.1 Å². The van der Waals surface area contributed by atoms with Gasteiger partial charge in [0.05, 0.1) is 39.1 Å². The number of carbonyl (C=O) groups excluding carboxylic acids is 1. The molecule has 0 atom stereocenters. The van der Waals surface area contributed by atoms with Gasteiger partial charge < -0.3 is 18.9 Å². The van der Waals surface area contributed by atoms with Crippen LogP contribution in [0.1, 0.15) is 56.6 Å². The largest absolute Gasteiger partial charge is 0.494 e. The van der Waals surface area contributed by atoms with Gasteiger partial charge in [0, 0.05) is 5.57 Å². The van der Waals surface area contributed by atoms with E-state index in [1.54, 1.807) is 21.1 Å². The van der Waals surface area contributed by atoms with Gasteiger partial charge in [-0.25, -0.2) is 4.79 Å². The first-order chi connectivity index (χ1) is 17.0. The number of benzene rings is 2. The minimum Gasteiger partial charge on any atom is -0.494 e. The summed E-state index contributed by atoms with van der Waals surface area (Å²) in [5.41, 5.74) is 2.67. The van der Waals surface area contributed by atoms with Gasteiger partial charge in [0.15, 0.2) is 11.5 Å². The molecule has 0 heterocycles. The number of rotatable bonds is 15. The highest BCUT2D eigenvalue weighted by Gasteiger charge is 2.06. The molecule has 0 amide bonds. The van der Waals surface area contributed by atoms with Crippen LogP contribution in [0.25, 0.3) is 11.6 Å². The predicted octanol–water partition coefficient (Wildman–Crippen LogP) is 6.61. The fraction of sp³-hybridized carbons (Fsp3) is 0.379. The van der Waals surface area contributed by atoms with Gasteiger partial charge in [-0.1, -0.05) is 38.3 Å². The lowest BCUT2D eigenvalue weighted by Crippen LogP contribution is -2.06. The lowest BCUT2D eigenvalue weighted by Gasteiger charge is -2.09. The molecule has 0 aliphatic carbocycles. The maximum Gasteiger partial charge on any atom is 0.333 e. The van der Waals surface area contributed by atoms with Crippen molar-refractivity contribution in [3.8, 4) is 23.3 Å². The van der Waals surface area contributed by atoms with Gasteiger partial charge in [-0.05, 0) is 73.4 Å². The van der Waals surface area contributed by atoms with Gasteiger partial charge in [0.2, 0.25) is 0 Å². The van der Waals surface area contributed by atoms with E-state index in [-0.39, 0.29) is 5.97 Å². The second-order valence-electron chi connectivity index (χ2n) is 8.19. The Morgan fingerprint density at radius 2 is 1.54 bits per heavy atom. The number of carbonyl (C=O) groups is 1.